The molecule has 0 aromatic carbocycles. The first kappa shape index (κ1) is 10.2. The van der Waals surface area contributed by atoms with Crippen molar-refractivity contribution < 1.29 is 9.53 Å². The first-order valence-electron chi connectivity index (χ1n) is 4.45. The van der Waals surface area contributed by atoms with Crippen LogP contribution >= 0.6 is 0 Å². The van der Waals surface area contributed by atoms with Crippen LogP contribution in [-0.4, -0.2) is 17.7 Å². The summed E-state index contributed by atoms with van der Waals surface area (Å²) in [5.74, 6) is -0.475. The van der Waals surface area contributed by atoms with E-state index in [1.165, 1.54) is 0 Å². The van der Waals surface area contributed by atoms with E-state index in [0.717, 1.165) is 18.9 Å². The van der Waals surface area contributed by atoms with Crippen molar-refractivity contribution in [3.8, 4) is 0 Å². The molecule has 13 heavy (non-hydrogen) atoms. The summed E-state index contributed by atoms with van der Waals surface area (Å²) >= 11 is 0. The molecule has 2 unspecified atom stereocenters. The third-order valence-corrected chi connectivity index (χ3v) is 2.25. The molecule has 1 aliphatic carbocycles. The van der Waals surface area contributed by atoms with E-state index in [-0.39, 0.29) is 6.04 Å². The second kappa shape index (κ2) is 3.89. The molecule has 1 rings (SSSR count). The third-order valence-electron chi connectivity index (χ3n) is 2.25. The number of esters is 1. The molecule has 2 atom stereocenters. The summed E-state index contributed by atoms with van der Waals surface area (Å²) in [6.07, 6.45) is 4.19. The van der Waals surface area contributed by atoms with Crippen molar-refractivity contribution in [2.75, 3.05) is 0 Å². The van der Waals surface area contributed by atoms with Crippen LogP contribution in [0.5, 0.6) is 0 Å². The molecule has 0 radical (unpaired) electrons. The third kappa shape index (κ3) is 2.82. The van der Waals surface area contributed by atoms with E-state index in [2.05, 4.69) is 6.58 Å². The van der Waals surface area contributed by atoms with Gasteiger partial charge in [-0.1, -0.05) is 6.58 Å². The van der Waals surface area contributed by atoms with E-state index in [4.69, 9.17) is 16.2 Å². The molecule has 1 fully saturated rings. The van der Waals surface area contributed by atoms with Crippen molar-refractivity contribution in [3.63, 3.8) is 0 Å². The zero-order valence-corrected chi connectivity index (χ0v) is 7.66. The summed E-state index contributed by atoms with van der Waals surface area (Å²) in [7, 11) is 0. The Kier molecular flexibility index (Phi) is 3.06. The van der Waals surface area contributed by atoms with Gasteiger partial charge in [0.1, 0.15) is 0 Å². The molecule has 0 aromatic heterocycles. The van der Waals surface area contributed by atoms with Crippen LogP contribution in [0.25, 0.3) is 0 Å². The van der Waals surface area contributed by atoms with E-state index in [0.29, 0.717) is 12.8 Å². The topological polar surface area (TPSA) is 78.3 Å². The summed E-state index contributed by atoms with van der Waals surface area (Å²) in [6.45, 7) is 3.31. The van der Waals surface area contributed by atoms with Crippen molar-refractivity contribution in [1.82, 2.24) is 0 Å². The molecule has 4 heteroatoms. The minimum atomic E-state index is -0.872. The van der Waals surface area contributed by atoms with Gasteiger partial charge >= 0.3 is 5.97 Å². The predicted octanol–water partition coefficient (Wildman–Crippen LogP) is 0.272. The van der Waals surface area contributed by atoms with E-state index in [1.54, 1.807) is 0 Å². The number of carbonyl (C=O) groups is 1. The molecule has 4 N–H and O–H groups in total. The molecular formula is C9H16N2O2. The second-order valence-corrected chi connectivity index (χ2v) is 3.55. The predicted molar refractivity (Wildman–Crippen MR) is 49.7 cm³/mol. The van der Waals surface area contributed by atoms with Gasteiger partial charge in [-0.2, -0.15) is 0 Å². The van der Waals surface area contributed by atoms with Crippen LogP contribution in [-0.2, 0) is 9.53 Å². The molecule has 0 saturated heterocycles. The van der Waals surface area contributed by atoms with Gasteiger partial charge in [-0.25, -0.2) is 4.79 Å². The van der Waals surface area contributed by atoms with Gasteiger partial charge in [-0.05, 0) is 12.8 Å². The van der Waals surface area contributed by atoms with Crippen molar-refractivity contribution in [2.24, 2.45) is 11.5 Å². The Bertz CT molecular complexity index is 218. The number of nitrogens with two attached hydrogens (primary N) is 2. The lowest BCUT2D eigenvalue weighted by molar-refractivity contribution is -0.156. The maximum atomic E-state index is 10.9. The van der Waals surface area contributed by atoms with Crippen molar-refractivity contribution in [2.45, 2.75) is 37.5 Å². The van der Waals surface area contributed by atoms with E-state index < -0.39 is 11.7 Å². The lowest BCUT2D eigenvalue weighted by Gasteiger charge is -2.35. The minimum Gasteiger partial charge on any atom is -0.441 e. The zero-order valence-electron chi connectivity index (χ0n) is 7.66. The number of hydrogen-bond donors (Lipinski definition) is 2. The average molecular weight is 184 g/mol. The lowest BCUT2D eigenvalue weighted by Crippen LogP contribution is -2.51. The molecule has 0 heterocycles. The molecule has 0 aromatic rings. The highest BCUT2D eigenvalue weighted by molar-refractivity contribution is 5.81. The van der Waals surface area contributed by atoms with Gasteiger partial charge in [-0.15, -0.1) is 0 Å². The summed E-state index contributed by atoms with van der Waals surface area (Å²) in [6, 6.07) is 0.0383. The van der Waals surface area contributed by atoms with Gasteiger partial charge in [0.15, 0.2) is 5.72 Å². The van der Waals surface area contributed by atoms with Crippen LogP contribution in [0.15, 0.2) is 12.7 Å². The maximum absolute atomic E-state index is 10.9. The van der Waals surface area contributed by atoms with E-state index in [9.17, 15) is 4.79 Å². The standard InChI is InChI=1S/C9H16N2O2/c1-2-8(12)13-9(11)5-3-4-7(10)6-9/h2,7H,1,3-6,10-11H2. The highest BCUT2D eigenvalue weighted by Gasteiger charge is 2.34. The summed E-state index contributed by atoms with van der Waals surface area (Å²) in [4.78, 5) is 10.9. The van der Waals surface area contributed by atoms with Gasteiger partial charge in [0.2, 0.25) is 0 Å². The van der Waals surface area contributed by atoms with Crippen LogP contribution in [0.1, 0.15) is 25.7 Å². The Hall–Kier alpha value is -0.870. The van der Waals surface area contributed by atoms with Gasteiger partial charge in [0, 0.05) is 25.0 Å². The SMILES string of the molecule is C=CC(=O)OC1(N)CCCC(N)C1. The summed E-state index contributed by atoms with van der Waals surface area (Å²) in [5.41, 5.74) is 10.7. The fraction of sp³-hybridized carbons (Fsp3) is 0.667. The van der Waals surface area contributed by atoms with Crippen molar-refractivity contribution in [1.29, 1.82) is 0 Å². The van der Waals surface area contributed by atoms with Gasteiger partial charge in [-0.3, -0.25) is 5.73 Å². The first-order valence-corrected chi connectivity index (χ1v) is 4.45. The second-order valence-electron chi connectivity index (χ2n) is 3.55. The normalized spacial score (nSPS) is 33.8. The summed E-state index contributed by atoms with van der Waals surface area (Å²) < 4.78 is 5.04. The van der Waals surface area contributed by atoms with Gasteiger partial charge in [0.25, 0.3) is 0 Å². The fourth-order valence-electron chi connectivity index (χ4n) is 1.65. The first-order chi connectivity index (χ1) is 6.06. The molecule has 0 bridgehead atoms. The van der Waals surface area contributed by atoms with Crippen molar-refractivity contribution >= 4 is 5.97 Å². The van der Waals surface area contributed by atoms with Crippen LogP contribution in [0.2, 0.25) is 0 Å². The molecule has 1 aliphatic rings. The monoisotopic (exact) mass is 184 g/mol. The Balaban J connectivity index is 2.53. The van der Waals surface area contributed by atoms with Gasteiger partial charge in [0.05, 0.1) is 0 Å². The van der Waals surface area contributed by atoms with Crippen LogP contribution < -0.4 is 11.5 Å². The number of ether oxygens (including phenoxy) is 1. The molecule has 0 amide bonds. The van der Waals surface area contributed by atoms with Gasteiger partial charge < -0.3 is 10.5 Å². The quantitative estimate of drug-likeness (QED) is 0.367. The largest absolute Gasteiger partial charge is 0.441 e. The highest BCUT2D eigenvalue weighted by atomic mass is 16.6. The maximum Gasteiger partial charge on any atom is 0.331 e. The number of hydrogen-bond acceptors (Lipinski definition) is 4. The highest BCUT2D eigenvalue weighted by Crippen LogP contribution is 2.26. The minimum absolute atomic E-state index is 0.0383. The number of carbonyl (C=O) groups excluding carboxylic acids is 1. The Morgan fingerprint density at radius 1 is 1.69 bits per heavy atom. The van der Waals surface area contributed by atoms with Crippen LogP contribution in [0.3, 0.4) is 0 Å². The van der Waals surface area contributed by atoms with E-state index >= 15 is 0 Å². The molecule has 74 valence electrons. The van der Waals surface area contributed by atoms with Crippen LogP contribution in [0.4, 0.5) is 0 Å². The number of rotatable bonds is 2. The molecule has 1 saturated carbocycles. The smallest absolute Gasteiger partial charge is 0.331 e. The van der Waals surface area contributed by atoms with E-state index in [1.807, 2.05) is 0 Å². The molecule has 4 nitrogen and oxygen atoms in total. The fourth-order valence-corrected chi connectivity index (χ4v) is 1.65. The lowest BCUT2D eigenvalue weighted by atomic mass is 9.89. The Labute approximate surface area is 77.9 Å². The van der Waals surface area contributed by atoms with Crippen LogP contribution in [0, 0.1) is 0 Å². The Morgan fingerprint density at radius 2 is 2.38 bits per heavy atom. The molecule has 0 aliphatic heterocycles. The zero-order chi connectivity index (χ0) is 9.90. The summed E-state index contributed by atoms with van der Waals surface area (Å²) in [5, 5.41) is 0. The Morgan fingerprint density at radius 3 is 2.92 bits per heavy atom. The average Bonchev–Trinajstić information content (AvgIpc) is 2.02. The molecular weight excluding hydrogens is 168 g/mol. The van der Waals surface area contributed by atoms with Crippen molar-refractivity contribution in [3.05, 3.63) is 12.7 Å². The molecule has 0 spiro atoms.